The molecule has 0 aromatic heterocycles. The molecule has 0 fully saturated rings. The van der Waals surface area contributed by atoms with Crippen LogP contribution in [0.4, 0.5) is 8.78 Å². The van der Waals surface area contributed by atoms with Crippen molar-refractivity contribution in [1.82, 2.24) is 19.3 Å². The highest BCUT2D eigenvalue weighted by molar-refractivity contribution is 7.98. The molecule has 0 saturated heterocycles. The van der Waals surface area contributed by atoms with Crippen molar-refractivity contribution in [2.24, 2.45) is 0 Å². The van der Waals surface area contributed by atoms with Crippen molar-refractivity contribution in [2.75, 3.05) is 7.11 Å². The molecule has 0 amide bonds. The second kappa shape index (κ2) is 10.1. The lowest BCUT2D eigenvalue weighted by Gasteiger charge is -2.18. The molecule has 0 atom stereocenters. The third-order valence-electron chi connectivity index (χ3n) is 5.98. The molecule has 0 unspecified atom stereocenters. The summed E-state index contributed by atoms with van der Waals surface area (Å²) in [6.45, 7) is -2.14. The topological polar surface area (TPSA) is 71.2 Å². The number of alkyl halides is 2. The molecular weight excluding hydrogens is 474 g/mol. The third-order valence-corrected chi connectivity index (χ3v) is 7.03. The van der Waals surface area contributed by atoms with Crippen molar-refractivity contribution < 1.29 is 18.3 Å². The van der Waals surface area contributed by atoms with E-state index in [1.165, 1.54) is 29.6 Å². The van der Waals surface area contributed by atoms with Gasteiger partial charge in [0.15, 0.2) is 22.5 Å². The first-order chi connectivity index (χ1) is 17.0. The van der Waals surface area contributed by atoms with Gasteiger partial charge < -0.3 is 14.0 Å². The minimum Gasteiger partial charge on any atom is -0.493 e. The van der Waals surface area contributed by atoms with Gasteiger partial charge >= 0.3 is 6.61 Å². The summed E-state index contributed by atoms with van der Waals surface area (Å²) in [5.41, 5.74) is 2.98. The lowest BCUT2D eigenvalue weighted by molar-refractivity contribution is -0.0512. The van der Waals surface area contributed by atoms with Gasteiger partial charge in [0.05, 0.1) is 12.8 Å². The Bertz CT molecular complexity index is 1360. The summed E-state index contributed by atoms with van der Waals surface area (Å²) in [4.78, 5) is 18.1. The van der Waals surface area contributed by atoms with Gasteiger partial charge in [-0.25, -0.2) is 4.98 Å². The molecular formula is C25H24F2N4O3S. The zero-order valence-corrected chi connectivity index (χ0v) is 19.9. The van der Waals surface area contributed by atoms with Gasteiger partial charge in [0.25, 0.3) is 5.56 Å². The van der Waals surface area contributed by atoms with Gasteiger partial charge in [0, 0.05) is 18.0 Å². The summed E-state index contributed by atoms with van der Waals surface area (Å²) < 4.78 is 38.6. The Morgan fingerprint density at radius 3 is 2.69 bits per heavy atom. The Labute approximate surface area is 205 Å². The zero-order chi connectivity index (χ0) is 24.4. The van der Waals surface area contributed by atoms with Gasteiger partial charge in [-0.3, -0.25) is 4.79 Å². The predicted molar refractivity (Wildman–Crippen MR) is 129 cm³/mol. The lowest BCUT2D eigenvalue weighted by Crippen LogP contribution is -2.19. The average molecular weight is 499 g/mol. The zero-order valence-electron chi connectivity index (χ0n) is 19.1. The number of fused-ring (bicyclic) bond motifs is 3. The highest BCUT2D eigenvalue weighted by atomic mass is 32.2. The number of ether oxygens (including phenoxy) is 2. The molecule has 0 aliphatic carbocycles. The molecule has 7 nitrogen and oxygen atoms in total. The SMILES string of the molecule is COc1cc(CSc2nc3nn(-c4ccccc4)c(=O)c-3c3n2CCCCC3)ccc1OC(F)F. The van der Waals surface area contributed by atoms with E-state index in [-0.39, 0.29) is 17.1 Å². The summed E-state index contributed by atoms with van der Waals surface area (Å²) >= 11 is 1.52. The van der Waals surface area contributed by atoms with Crippen LogP contribution in [-0.4, -0.2) is 33.1 Å². The molecule has 2 aromatic carbocycles. The van der Waals surface area contributed by atoms with Gasteiger partial charge in [-0.1, -0.05) is 42.4 Å². The van der Waals surface area contributed by atoms with Crippen LogP contribution in [0.2, 0.25) is 0 Å². The summed E-state index contributed by atoms with van der Waals surface area (Å²) in [7, 11) is 1.42. The Morgan fingerprint density at radius 1 is 1.09 bits per heavy atom. The van der Waals surface area contributed by atoms with E-state index in [0.717, 1.165) is 48.6 Å². The Balaban J connectivity index is 1.51. The highest BCUT2D eigenvalue weighted by Crippen LogP contribution is 2.34. The van der Waals surface area contributed by atoms with E-state index in [4.69, 9.17) is 9.72 Å². The van der Waals surface area contributed by atoms with Crippen LogP contribution in [-0.2, 0) is 18.7 Å². The summed E-state index contributed by atoms with van der Waals surface area (Å²) in [6.07, 6.45) is 3.88. The van der Waals surface area contributed by atoms with E-state index in [2.05, 4.69) is 14.4 Å². The van der Waals surface area contributed by atoms with Crippen LogP contribution < -0.4 is 15.0 Å². The van der Waals surface area contributed by atoms with E-state index < -0.39 is 6.61 Å². The number of nitrogens with zero attached hydrogens (tertiary/aromatic N) is 4. The number of rotatable bonds is 7. The van der Waals surface area contributed by atoms with E-state index >= 15 is 0 Å². The number of hydrogen-bond donors (Lipinski definition) is 0. The third kappa shape index (κ3) is 4.75. The summed E-state index contributed by atoms with van der Waals surface area (Å²) in [6, 6.07) is 14.2. The van der Waals surface area contributed by atoms with Crippen molar-refractivity contribution in [3.05, 3.63) is 70.1 Å². The standard InChI is InChI=1S/C25H24F2N4O3S/c1-33-20-14-16(11-12-19(20)34-24(26)27)15-35-25-28-22-21(18-10-6-3-7-13-30(18)25)23(32)31(29-22)17-8-4-2-5-9-17/h2,4-5,8-9,11-12,14,24H,3,6-7,10,13,15H2,1H3. The Kier molecular flexibility index (Phi) is 6.72. The van der Waals surface area contributed by atoms with Crippen LogP contribution in [0.1, 0.15) is 30.5 Å². The molecule has 5 rings (SSSR count). The van der Waals surface area contributed by atoms with Crippen LogP contribution >= 0.6 is 11.8 Å². The predicted octanol–water partition coefficient (Wildman–Crippen LogP) is 5.16. The molecule has 182 valence electrons. The van der Waals surface area contributed by atoms with Crippen LogP contribution in [0.3, 0.4) is 0 Å². The number of hydrogen-bond acceptors (Lipinski definition) is 6. The number of halogens is 2. The Hall–Kier alpha value is -3.40. The summed E-state index contributed by atoms with van der Waals surface area (Å²) in [5.74, 6) is 1.21. The second-order valence-corrected chi connectivity index (χ2v) is 9.15. The first-order valence-corrected chi connectivity index (χ1v) is 12.4. The second-order valence-electron chi connectivity index (χ2n) is 8.21. The van der Waals surface area contributed by atoms with Crippen LogP contribution in [0.5, 0.6) is 11.5 Å². The van der Waals surface area contributed by atoms with Crippen molar-refractivity contribution in [2.45, 2.75) is 49.7 Å². The minimum absolute atomic E-state index is 0.00605. The summed E-state index contributed by atoms with van der Waals surface area (Å²) in [5, 5.41) is 5.34. The quantitative estimate of drug-likeness (QED) is 0.259. The number of aromatic nitrogens is 4. The number of benzene rings is 2. The molecule has 10 heteroatoms. The van der Waals surface area contributed by atoms with E-state index in [9.17, 15) is 13.6 Å². The van der Waals surface area contributed by atoms with Gasteiger partial charge in [-0.05, 0) is 49.1 Å². The molecule has 0 bridgehead atoms. The smallest absolute Gasteiger partial charge is 0.387 e. The number of thioether (sulfide) groups is 1. The fourth-order valence-corrected chi connectivity index (χ4v) is 5.33. The molecule has 0 spiro atoms. The number of methoxy groups -OCH3 is 1. The first-order valence-electron chi connectivity index (χ1n) is 11.4. The molecule has 3 aliphatic heterocycles. The maximum absolute atomic E-state index is 13.3. The van der Waals surface area contributed by atoms with Crippen molar-refractivity contribution in [1.29, 1.82) is 0 Å². The first kappa shape index (κ1) is 23.3. The molecule has 35 heavy (non-hydrogen) atoms. The molecule has 2 aromatic rings. The molecule has 3 aliphatic rings. The molecule has 0 N–H and O–H groups in total. The average Bonchev–Trinajstić information content (AvgIpc) is 3.03. The van der Waals surface area contributed by atoms with Crippen molar-refractivity contribution in [3.63, 3.8) is 0 Å². The van der Waals surface area contributed by atoms with Gasteiger partial charge in [-0.15, -0.1) is 5.10 Å². The van der Waals surface area contributed by atoms with Crippen LogP contribution in [0.15, 0.2) is 58.5 Å². The maximum atomic E-state index is 13.3. The molecule has 0 radical (unpaired) electrons. The van der Waals surface area contributed by atoms with E-state index in [0.29, 0.717) is 22.8 Å². The molecule has 3 heterocycles. The van der Waals surface area contributed by atoms with Crippen LogP contribution in [0, 0.1) is 0 Å². The normalized spacial score (nSPS) is 13.6. The van der Waals surface area contributed by atoms with Crippen molar-refractivity contribution >= 4 is 11.8 Å². The fraction of sp³-hybridized carbons (Fsp3) is 0.320. The van der Waals surface area contributed by atoms with Crippen molar-refractivity contribution in [3.8, 4) is 28.6 Å². The van der Waals surface area contributed by atoms with Gasteiger partial charge in [0.2, 0.25) is 0 Å². The van der Waals surface area contributed by atoms with Crippen LogP contribution in [0.25, 0.3) is 17.1 Å². The van der Waals surface area contributed by atoms with Gasteiger partial charge in [-0.2, -0.15) is 13.5 Å². The minimum atomic E-state index is -2.92. The lowest BCUT2D eigenvalue weighted by atomic mass is 10.1. The van der Waals surface area contributed by atoms with E-state index in [1.807, 2.05) is 30.3 Å². The van der Waals surface area contributed by atoms with Gasteiger partial charge in [0.1, 0.15) is 5.56 Å². The fourth-order valence-electron chi connectivity index (χ4n) is 4.35. The Morgan fingerprint density at radius 2 is 1.91 bits per heavy atom. The monoisotopic (exact) mass is 498 g/mol. The van der Waals surface area contributed by atoms with E-state index in [1.54, 1.807) is 12.1 Å². The largest absolute Gasteiger partial charge is 0.493 e. The highest BCUT2D eigenvalue weighted by Gasteiger charge is 2.27. The number of para-hydroxylation sites is 1. The maximum Gasteiger partial charge on any atom is 0.387 e. The molecule has 0 saturated carbocycles.